The summed E-state index contributed by atoms with van der Waals surface area (Å²) in [4.78, 5) is 22.2. The Hall–Kier alpha value is -1.83. The largest absolute Gasteiger partial charge is 0.490 e. The van der Waals surface area contributed by atoms with Gasteiger partial charge in [-0.05, 0) is 55.6 Å². The number of nitro groups is 1. The van der Waals surface area contributed by atoms with Crippen molar-refractivity contribution in [2.75, 3.05) is 6.61 Å². The SMILES string of the molecule is CC(C)(C)OC(=O)NC1(COc2cc([N+](=O)[O-])ccc2Br)CC1. The molecule has 1 aliphatic carbocycles. The van der Waals surface area contributed by atoms with Crippen LogP contribution in [0.15, 0.2) is 22.7 Å². The second-order valence-corrected chi connectivity index (χ2v) is 7.42. The van der Waals surface area contributed by atoms with Gasteiger partial charge in [-0.15, -0.1) is 0 Å². The highest BCUT2D eigenvalue weighted by Gasteiger charge is 2.46. The van der Waals surface area contributed by atoms with Crippen LogP contribution >= 0.6 is 15.9 Å². The third kappa shape index (κ3) is 5.09. The number of hydrogen-bond acceptors (Lipinski definition) is 5. The van der Waals surface area contributed by atoms with Crippen molar-refractivity contribution in [2.45, 2.75) is 44.8 Å². The molecule has 1 N–H and O–H groups in total. The number of hydrogen-bond donors (Lipinski definition) is 1. The highest BCUT2D eigenvalue weighted by atomic mass is 79.9. The van der Waals surface area contributed by atoms with E-state index in [4.69, 9.17) is 9.47 Å². The van der Waals surface area contributed by atoms with E-state index in [-0.39, 0.29) is 12.3 Å². The van der Waals surface area contributed by atoms with E-state index in [0.717, 1.165) is 12.8 Å². The molecule has 0 bridgehead atoms. The second-order valence-electron chi connectivity index (χ2n) is 6.57. The summed E-state index contributed by atoms with van der Waals surface area (Å²) in [5.41, 5.74) is -1.08. The summed E-state index contributed by atoms with van der Waals surface area (Å²) in [6.07, 6.45) is 1.06. The Morgan fingerprint density at radius 3 is 2.61 bits per heavy atom. The number of ether oxygens (including phenoxy) is 2. The van der Waals surface area contributed by atoms with Crippen molar-refractivity contribution in [2.24, 2.45) is 0 Å². The number of carbonyl (C=O) groups excluding carboxylic acids is 1. The smallest absolute Gasteiger partial charge is 0.408 e. The molecule has 1 amide bonds. The van der Waals surface area contributed by atoms with Crippen molar-refractivity contribution in [1.82, 2.24) is 5.32 Å². The summed E-state index contributed by atoms with van der Waals surface area (Å²) < 4.78 is 11.5. The van der Waals surface area contributed by atoms with Gasteiger partial charge in [0.05, 0.1) is 21.0 Å². The average molecular weight is 387 g/mol. The Morgan fingerprint density at radius 1 is 1.43 bits per heavy atom. The minimum atomic E-state index is -0.565. The van der Waals surface area contributed by atoms with Crippen LogP contribution in [-0.4, -0.2) is 28.8 Å². The molecule has 0 spiro atoms. The molecular formula is C15H19BrN2O5. The first kappa shape index (κ1) is 17.5. The molecule has 0 saturated heterocycles. The van der Waals surface area contributed by atoms with Crippen LogP contribution in [0.5, 0.6) is 5.75 Å². The third-order valence-corrected chi connectivity index (χ3v) is 3.90. The summed E-state index contributed by atoms with van der Waals surface area (Å²) in [5.74, 6) is 0.372. The monoisotopic (exact) mass is 386 g/mol. The number of nitrogens with zero attached hydrogens (tertiary/aromatic N) is 1. The van der Waals surface area contributed by atoms with Crippen molar-refractivity contribution in [3.8, 4) is 5.75 Å². The lowest BCUT2D eigenvalue weighted by atomic mass is 10.2. The molecular weight excluding hydrogens is 368 g/mol. The lowest BCUT2D eigenvalue weighted by Gasteiger charge is -2.23. The van der Waals surface area contributed by atoms with Crippen LogP contribution in [0.3, 0.4) is 0 Å². The molecule has 0 heterocycles. The van der Waals surface area contributed by atoms with Gasteiger partial charge in [-0.2, -0.15) is 0 Å². The molecule has 0 aliphatic heterocycles. The van der Waals surface area contributed by atoms with Gasteiger partial charge in [0.15, 0.2) is 0 Å². The van der Waals surface area contributed by atoms with Gasteiger partial charge in [-0.25, -0.2) is 4.79 Å². The van der Waals surface area contributed by atoms with Gasteiger partial charge < -0.3 is 14.8 Å². The molecule has 23 heavy (non-hydrogen) atoms. The van der Waals surface area contributed by atoms with Gasteiger partial charge in [0, 0.05) is 6.07 Å². The van der Waals surface area contributed by atoms with Crippen LogP contribution in [0.4, 0.5) is 10.5 Å². The Bertz CT molecular complexity index is 623. The van der Waals surface area contributed by atoms with Crippen LogP contribution < -0.4 is 10.1 Å². The molecule has 0 radical (unpaired) electrons. The number of alkyl carbamates (subject to hydrolysis) is 1. The normalized spacial score (nSPS) is 15.7. The van der Waals surface area contributed by atoms with E-state index in [1.807, 2.05) is 0 Å². The molecule has 8 heteroatoms. The fourth-order valence-electron chi connectivity index (χ4n) is 1.91. The van der Waals surface area contributed by atoms with Gasteiger partial charge in [0.25, 0.3) is 5.69 Å². The summed E-state index contributed by atoms with van der Waals surface area (Å²) in [5, 5.41) is 13.6. The van der Waals surface area contributed by atoms with Crippen molar-refractivity contribution in [3.63, 3.8) is 0 Å². The van der Waals surface area contributed by atoms with Crippen LogP contribution in [0, 0.1) is 10.1 Å². The number of nitrogens with one attached hydrogen (secondary N) is 1. The second kappa shape index (κ2) is 6.35. The molecule has 1 aromatic rings. The van der Waals surface area contributed by atoms with E-state index in [9.17, 15) is 14.9 Å². The molecule has 1 aromatic carbocycles. The summed E-state index contributed by atoms with van der Waals surface area (Å²) in [7, 11) is 0. The number of halogens is 1. The van der Waals surface area contributed by atoms with Crippen LogP contribution in [-0.2, 0) is 4.74 Å². The van der Waals surface area contributed by atoms with Crippen LogP contribution in [0.2, 0.25) is 0 Å². The Kier molecular flexibility index (Phi) is 4.84. The summed E-state index contributed by atoms with van der Waals surface area (Å²) in [6.45, 7) is 5.61. The minimum absolute atomic E-state index is 0.0480. The van der Waals surface area contributed by atoms with Gasteiger partial charge >= 0.3 is 6.09 Å². The quantitative estimate of drug-likeness (QED) is 0.613. The molecule has 0 unspecified atom stereocenters. The Balaban J connectivity index is 1.96. The highest BCUT2D eigenvalue weighted by Crippen LogP contribution is 2.38. The van der Waals surface area contributed by atoms with Crippen molar-refractivity contribution in [3.05, 3.63) is 32.8 Å². The molecule has 1 aliphatic rings. The van der Waals surface area contributed by atoms with Gasteiger partial charge in [0.1, 0.15) is 18.0 Å². The van der Waals surface area contributed by atoms with E-state index in [2.05, 4.69) is 21.2 Å². The van der Waals surface area contributed by atoms with Gasteiger partial charge in [-0.1, -0.05) is 0 Å². The number of amides is 1. The molecule has 0 atom stereocenters. The number of non-ortho nitro benzene ring substituents is 1. The number of rotatable bonds is 5. The molecule has 1 saturated carbocycles. The fraction of sp³-hybridized carbons (Fsp3) is 0.533. The Morgan fingerprint density at radius 2 is 2.09 bits per heavy atom. The fourth-order valence-corrected chi connectivity index (χ4v) is 2.27. The molecule has 2 rings (SSSR count). The van der Waals surface area contributed by atoms with E-state index < -0.39 is 22.2 Å². The van der Waals surface area contributed by atoms with Crippen LogP contribution in [0.25, 0.3) is 0 Å². The zero-order valence-electron chi connectivity index (χ0n) is 13.2. The highest BCUT2D eigenvalue weighted by molar-refractivity contribution is 9.10. The average Bonchev–Trinajstić information content (AvgIpc) is 3.15. The standard InChI is InChI=1S/C15H19BrN2O5/c1-14(2,3)23-13(19)17-15(6-7-15)9-22-12-8-10(18(20)21)4-5-11(12)16/h4-5,8H,6-7,9H2,1-3H3,(H,17,19). The lowest BCUT2D eigenvalue weighted by Crippen LogP contribution is -2.44. The number of benzene rings is 1. The van der Waals surface area contributed by atoms with Crippen molar-refractivity contribution < 1.29 is 19.2 Å². The number of carbonyl (C=O) groups is 1. The van der Waals surface area contributed by atoms with E-state index >= 15 is 0 Å². The minimum Gasteiger partial charge on any atom is -0.490 e. The third-order valence-electron chi connectivity index (χ3n) is 3.25. The first-order valence-corrected chi connectivity index (χ1v) is 7.97. The maximum absolute atomic E-state index is 11.8. The molecule has 1 fully saturated rings. The predicted octanol–water partition coefficient (Wildman–Crippen LogP) is 3.79. The molecule has 126 valence electrons. The lowest BCUT2D eigenvalue weighted by molar-refractivity contribution is -0.385. The molecule has 0 aromatic heterocycles. The van der Waals surface area contributed by atoms with E-state index in [1.54, 1.807) is 26.8 Å². The Labute approximate surface area is 142 Å². The van der Waals surface area contributed by atoms with E-state index in [0.29, 0.717) is 10.2 Å². The van der Waals surface area contributed by atoms with E-state index in [1.165, 1.54) is 12.1 Å². The first-order valence-electron chi connectivity index (χ1n) is 7.18. The topological polar surface area (TPSA) is 90.7 Å². The zero-order valence-corrected chi connectivity index (χ0v) is 14.8. The van der Waals surface area contributed by atoms with Crippen molar-refractivity contribution in [1.29, 1.82) is 0 Å². The predicted molar refractivity (Wildman–Crippen MR) is 87.6 cm³/mol. The maximum atomic E-state index is 11.8. The first-order chi connectivity index (χ1) is 10.6. The summed E-state index contributed by atoms with van der Waals surface area (Å²) in [6, 6.07) is 4.31. The number of nitro benzene ring substituents is 1. The van der Waals surface area contributed by atoms with Gasteiger partial charge in [-0.3, -0.25) is 10.1 Å². The summed E-state index contributed by atoms with van der Waals surface area (Å²) >= 11 is 3.30. The van der Waals surface area contributed by atoms with Crippen LogP contribution in [0.1, 0.15) is 33.6 Å². The zero-order chi connectivity index (χ0) is 17.3. The maximum Gasteiger partial charge on any atom is 0.408 e. The molecule has 7 nitrogen and oxygen atoms in total. The van der Waals surface area contributed by atoms with Crippen molar-refractivity contribution >= 4 is 27.7 Å². The van der Waals surface area contributed by atoms with Gasteiger partial charge in [0.2, 0.25) is 0 Å².